The molecule has 0 saturated carbocycles. The van der Waals surface area contributed by atoms with Crippen LogP contribution in [-0.2, 0) is 5.88 Å². The third kappa shape index (κ3) is 3.38. The quantitative estimate of drug-likeness (QED) is 0.823. The van der Waals surface area contributed by atoms with Gasteiger partial charge in [0.2, 0.25) is 5.88 Å². The van der Waals surface area contributed by atoms with Crippen LogP contribution >= 0.6 is 11.6 Å². The largest absolute Gasteiger partial charge is 0.574 e. The molecule has 0 aromatic carbocycles. The van der Waals surface area contributed by atoms with Gasteiger partial charge in [-0.3, -0.25) is 0 Å². The van der Waals surface area contributed by atoms with Gasteiger partial charge in [0.25, 0.3) is 0 Å². The molecule has 9 heteroatoms. The van der Waals surface area contributed by atoms with Crippen molar-refractivity contribution in [2.45, 2.75) is 12.2 Å². The summed E-state index contributed by atoms with van der Waals surface area (Å²) in [6.45, 7) is 0. The average molecular weight is 272 g/mol. The highest BCUT2D eigenvalue weighted by Crippen LogP contribution is 2.29. The molecular formula is C8H5ClF3NO4. The summed E-state index contributed by atoms with van der Waals surface area (Å²) in [5.41, 5.74) is -1.18. The van der Waals surface area contributed by atoms with Crippen LogP contribution in [0.4, 0.5) is 13.2 Å². The highest BCUT2D eigenvalue weighted by Gasteiger charge is 2.33. The molecule has 0 aliphatic rings. The van der Waals surface area contributed by atoms with E-state index >= 15 is 0 Å². The van der Waals surface area contributed by atoms with Gasteiger partial charge in [-0.05, 0) is 0 Å². The maximum atomic E-state index is 11.9. The molecule has 1 aromatic rings. The Labute approximate surface area is 97.4 Å². The first kappa shape index (κ1) is 13.4. The molecule has 0 aliphatic heterocycles. The summed E-state index contributed by atoms with van der Waals surface area (Å²) < 4.78 is 39.2. The number of carbonyl (C=O) groups is 1. The molecule has 0 bridgehead atoms. The Kier molecular flexibility index (Phi) is 3.66. The lowest BCUT2D eigenvalue weighted by atomic mass is 10.2. The first-order chi connectivity index (χ1) is 7.74. The number of alkyl halides is 4. The number of aromatic nitrogens is 1. The number of hydrogen-bond donors (Lipinski definition) is 2. The fourth-order valence-electron chi connectivity index (χ4n) is 0.993. The molecule has 0 aliphatic carbocycles. The van der Waals surface area contributed by atoms with Gasteiger partial charge in [-0.15, -0.1) is 24.8 Å². The van der Waals surface area contributed by atoms with Gasteiger partial charge in [-0.25, -0.2) is 9.78 Å². The van der Waals surface area contributed by atoms with Crippen LogP contribution in [0.25, 0.3) is 0 Å². The van der Waals surface area contributed by atoms with E-state index < -0.39 is 41.1 Å². The van der Waals surface area contributed by atoms with E-state index in [1.165, 1.54) is 0 Å². The molecule has 5 nitrogen and oxygen atoms in total. The lowest BCUT2D eigenvalue weighted by Crippen LogP contribution is -2.18. The van der Waals surface area contributed by atoms with Gasteiger partial charge in [-0.2, -0.15) is 0 Å². The van der Waals surface area contributed by atoms with Gasteiger partial charge in [-0.1, -0.05) is 0 Å². The zero-order chi connectivity index (χ0) is 13.2. The summed E-state index contributed by atoms with van der Waals surface area (Å²) in [5, 5.41) is 18.0. The van der Waals surface area contributed by atoms with E-state index in [9.17, 15) is 23.1 Å². The van der Waals surface area contributed by atoms with E-state index in [1.54, 1.807) is 0 Å². The molecule has 94 valence electrons. The number of aromatic hydroxyl groups is 1. The van der Waals surface area contributed by atoms with Gasteiger partial charge in [0.15, 0.2) is 5.75 Å². The minimum absolute atomic E-state index is 0.411. The molecule has 0 fully saturated rings. The van der Waals surface area contributed by atoms with Crippen molar-refractivity contribution >= 4 is 17.6 Å². The third-order valence-corrected chi connectivity index (χ3v) is 1.87. The number of aromatic carboxylic acids is 1. The summed E-state index contributed by atoms with van der Waals surface area (Å²) >= 11 is 5.30. The van der Waals surface area contributed by atoms with E-state index in [2.05, 4.69) is 9.72 Å². The van der Waals surface area contributed by atoms with Gasteiger partial charge >= 0.3 is 12.3 Å². The molecular weight excluding hydrogens is 267 g/mol. The van der Waals surface area contributed by atoms with E-state index in [1.807, 2.05) is 0 Å². The molecule has 0 unspecified atom stereocenters. The van der Waals surface area contributed by atoms with Crippen molar-refractivity contribution in [2.75, 3.05) is 0 Å². The summed E-state index contributed by atoms with van der Waals surface area (Å²) in [7, 11) is 0. The molecule has 2 N–H and O–H groups in total. The third-order valence-electron chi connectivity index (χ3n) is 1.62. The van der Waals surface area contributed by atoms with E-state index in [4.69, 9.17) is 16.7 Å². The Balaban J connectivity index is 3.25. The Morgan fingerprint density at radius 1 is 1.53 bits per heavy atom. The highest BCUT2D eigenvalue weighted by molar-refractivity contribution is 6.17. The minimum atomic E-state index is -5.01. The molecule has 1 heterocycles. The van der Waals surface area contributed by atoms with Crippen molar-refractivity contribution in [1.82, 2.24) is 4.98 Å². The summed E-state index contributed by atoms with van der Waals surface area (Å²) in [6.07, 6.45) is -5.01. The van der Waals surface area contributed by atoms with Crippen LogP contribution in [0.15, 0.2) is 6.07 Å². The van der Waals surface area contributed by atoms with E-state index in [-0.39, 0.29) is 0 Å². The van der Waals surface area contributed by atoms with Crippen LogP contribution in [-0.4, -0.2) is 27.5 Å². The zero-order valence-corrected chi connectivity index (χ0v) is 8.71. The second kappa shape index (κ2) is 4.66. The molecule has 0 radical (unpaired) electrons. The van der Waals surface area contributed by atoms with Crippen LogP contribution in [0.3, 0.4) is 0 Å². The molecule has 0 spiro atoms. The normalized spacial score (nSPS) is 11.3. The fraction of sp³-hybridized carbons (Fsp3) is 0.250. The zero-order valence-electron chi connectivity index (χ0n) is 7.95. The molecule has 1 rings (SSSR count). The predicted octanol–water partition coefficient (Wildman–Crippen LogP) is 2.12. The Bertz CT molecular complexity index is 449. The summed E-state index contributed by atoms with van der Waals surface area (Å²) in [4.78, 5) is 13.9. The van der Waals surface area contributed by atoms with Crippen LogP contribution in [0.2, 0.25) is 0 Å². The smallest absolute Gasteiger partial charge is 0.505 e. The van der Waals surface area contributed by atoms with Crippen molar-refractivity contribution in [1.29, 1.82) is 0 Å². The van der Waals surface area contributed by atoms with Gasteiger partial charge in [0.1, 0.15) is 11.3 Å². The lowest BCUT2D eigenvalue weighted by Gasteiger charge is -2.11. The fourth-order valence-corrected chi connectivity index (χ4v) is 1.18. The lowest BCUT2D eigenvalue weighted by molar-refractivity contribution is -0.276. The van der Waals surface area contributed by atoms with Crippen molar-refractivity contribution in [2.24, 2.45) is 0 Å². The Morgan fingerprint density at radius 3 is 2.53 bits per heavy atom. The van der Waals surface area contributed by atoms with Gasteiger partial charge in [0.05, 0.1) is 5.88 Å². The molecule has 0 atom stereocenters. The molecule has 0 amide bonds. The minimum Gasteiger partial charge on any atom is -0.505 e. The van der Waals surface area contributed by atoms with Crippen molar-refractivity contribution in [3.63, 3.8) is 0 Å². The highest BCUT2D eigenvalue weighted by atomic mass is 35.5. The van der Waals surface area contributed by atoms with Crippen molar-refractivity contribution < 1.29 is 32.9 Å². The first-order valence-electron chi connectivity index (χ1n) is 4.02. The summed E-state index contributed by atoms with van der Waals surface area (Å²) in [6, 6.07) is 0.460. The summed E-state index contributed by atoms with van der Waals surface area (Å²) in [5.74, 6) is -3.87. The number of rotatable bonds is 3. The number of carboxylic acids is 1. The topological polar surface area (TPSA) is 79.7 Å². The maximum absolute atomic E-state index is 11.9. The SMILES string of the molecule is O=C(O)c1cc(OC(F)(F)F)nc(CCl)c1O. The first-order valence-corrected chi connectivity index (χ1v) is 4.56. The predicted molar refractivity (Wildman–Crippen MR) is 49.1 cm³/mol. The second-order valence-corrected chi connectivity index (χ2v) is 3.06. The van der Waals surface area contributed by atoms with Crippen LogP contribution < -0.4 is 4.74 Å². The van der Waals surface area contributed by atoms with Crippen molar-refractivity contribution in [3.8, 4) is 11.6 Å². The Morgan fingerprint density at radius 2 is 2.12 bits per heavy atom. The monoisotopic (exact) mass is 271 g/mol. The number of carboxylic acid groups (broad SMARTS) is 1. The maximum Gasteiger partial charge on any atom is 0.574 e. The van der Waals surface area contributed by atoms with Crippen LogP contribution in [0, 0.1) is 0 Å². The standard InChI is InChI=1S/C8H5ClF3NO4/c9-2-4-6(14)3(7(15)16)1-5(13-4)17-8(10,11)12/h1,14H,2H2,(H,15,16). The number of halogens is 4. The average Bonchev–Trinajstić information content (AvgIpc) is 2.17. The van der Waals surface area contributed by atoms with E-state index in [0.717, 1.165) is 0 Å². The van der Waals surface area contributed by atoms with Gasteiger partial charge < -0.3 is 14.9 Å². The van der Waals surface area contributed by atoms with E-state index in [0.29, 0.717) is 6.07 Å². The van der Waals surface area contributed by atoms with Crippen LogP contribution in [0.1, 0.15) is 16.1 Å². The number of nitrogens with zero attached hydrogens (tertiary/aromatic N) is 1. The second-order valence-electron chi connectivity index (χ2n) is 2.79. The van der Waals surface area contributed by atoms with Crippen LogP contribution in [0.5, 0.6) is 11.6 Å². The Hall–Kier alpha value is -1.70. The number of hydrogen-bond acceptors (Lipinski definition) is 4. The molecule has 17 heavy (non-hydrogen) atoms. The number of pyridine rings is 1. The van der Waals surface area contributed by atoms with Gasteiger partial charge in [0, 0.05) is 6.07 Å². The molecule has 1 aromatic heterocycles. The van der Waals surface area contributed by atoms with Crippen molar-refractivity contribution in [3.05, 3.63) is 17.3 Å². The number of ether oxygens (including phenoxy) is 1. The molecule has 0 saturated heterocycles.